The number of aliphatic hydroxyl groups excluding tert-OH is 1. The van der Waals surface area contributed by atoms with Gasteiger partial charge in [0.05, 0.1) is 18.0 Å². The number of piperidine rings is 1. The third-order valence-electron chi connectivity index (χ3n) is 8.07. The lowest BCUT2D eigenvalue weighted by Crippen LogP contribution is -2.48. The summed E-state index contributed by atoms with van der Waals surface area (Å²) in [6.45, 7) is 29.3. The van der Waals surface area contributed by atoms with Gasteiger partial charge in [0.15, 0.2) is 0 Å². The van der Waals surface area contributed by atoms with Crippen LogP contribution >= 0.6 is 0 Å². The van der Waals surface area contributed by atoms with Crippen LogP contribution in [0.1, 0.15) is 100 Å². The van der Waals surface area contributed by atoms with Crippen molar-refractivity contribution in [2.24, 2.45) is 0 Å². The topological polar surface area (TPSA) is 76.5 Å². The van der Waals surface area contributed by atoms with Crippen molar-refractivity contribution in [2.75, 3.05) is 31.5 Å². The largest absolute Gasteiger partial charge is 0.389 e. The maximum atomic E-state index is 9.49. The summed E-state index contributed by atoms with van der Waals surface area (Å²) in [5, 5.41) is 16.2. The second-order valence-corrected chi connectivity index (χ2v) is 12.1. The van der Waals surface area contributed by atoms with Crippen molar-refractivity contribution < 1.29 is 5.11 Å². The van der Waals surface area contributed by atoms with Crippen LogP contribution in [-0.2, 0) is 0 Å². The van der Waals surface area contributed by atoms with Gasteiger partial charge in [0.25, 0.3) is 0 Å². The summed E-state index contributed by atoms with van der Waals surface area (Å²) in [6.07, 6.45) is 18.5. The number of rotatable bonds is 12. The van der Waals surface area contributed by atoms with E-state index < -0.39 is 0 Å². The summed E-state index contributed by atoms with van der Waals surface area (Å²) >= 11 is 0. The van der Waals surface area contributed by atoms with Gasteiger partial charge in [-0.1, -0.05) is 85.8 Å². The molecule has 0 amide bonds. The number of hydrogen-bond acceptors (Lipinski definition) is 7. The molecule has 0 bridgehead atoms. The minimum absolute atomic E-state index is 0.287. The Morgan fingerprint density at radius 1 is 1.09 bits per heavy atom. The van der Waals surface area contributed by atoms with Gasteiger partial charge in [-0.25, -0.2) is 0 Å². The first kappa shape index (κ1) is 41.6. The SMILES string of the molecule is C=C(CN(CC)CCCC)N1CC(Nc2ccc(-c3cnccn3)cc2)CCC1C.C=CNC1=CCCC(O)C(C)=C1.CC.CCC. The zero-order valence-corrected chi connectivity index (χ0v) is 30.9. The van der Waals surface area contributed by atoms with E-state index in [-0.39, 0.29) is 6.10 Å². The molecule has 47 heavy (non-hydrogen) atoms. The fraction of sp³-hybridized carbons (Fsp3) is 0.550. The number of likely N-dealkylation sites (tertiary alicyclic amines) is 1. The molecule has 1 aromatic carbocycles. The van der Waals surface area contributed by atoms with E-state index in [9.17, 15) is 5.11 Å². The molecule has 2 aromatic rings. The molecule has 3 unspecified atom stereocenters. The van der Waals surface area contributed by atoms with Gasteiger partial charge in [-0.05, 0) is 89.0 Å². The molecule has 0 saturated carbocycles. The lowest BCUT2D eigenvalue weighted by atomic mass is 9.98. The minimum Gasteiger partial charge on any atom is -0.389 e. The quantitative estimate of drug-likeness (QED) is 0.212. The molecule has 1 fully saturated rings. The molecule has 1 saturated heterocycles. The molecule has 1 aliphatic carbocycles. The number of hydrogen-bond donors (Lipinski definition) is 3. The number of allylic oxidation sites excluding steroid dienone is 2. The van der Waals surface area contributed by atoms with Crippen LogP contribution in [0.25, 0.3) is 11.3 Å². The highest BCUT2D eigenvalue weighted by atomic mass is 16.3. The third-order valence-corrected chi connectivity index (χ3v) is 8.07. The second kappa shape index (κ2) is 24.7. The summed E-state index contributed by atoms with van der Waals surface area (Å²) in [5.74, 6) is 0. The van der Waals surface area contributed by atoms with Crippen LogP contribution in [0.4, 0.5) is 5.69 Å². The van der Waals surface area contributed by atoms with Crippen molar-refractivity contribution >= 4 is 5.69 Å². The van der Waals surface area contributed by atoms with Crippen molar-refractivity contribution in [1.82, 2.24) is 25.1 Å². The van der Waals surface area contributed by atoms with Crippen LogP contribution in [-0.4, -0.2) is 69.2 Å². The standard InChI is InChI=1S/C25H37N5.C10H15NO.C3H8.C2H6/c1-5-7-16-29(6-2)18-21(4)30-19-24(11-8-20(30)3)28-23-12-9-22(10-13-23)25-17-26-14-15-27-25;1-3-11-9-5-4-6-10(12)8(2)7-9;1-3-2;1-2/h9-10,12-15,17,20,24,28H,4-8,11,16,18-19H2,1-3H3;3,5,7,10-12H,1,4,6H2,2H3;3H2,1-2H3;1-2H3. The molecule has 3 atom stereocenters. The Bertz CT molecular complexity index is 1180. The lowest BCUT2D eigenvalue weighted by Gasteiger charge is -2.42. The number of aliphatic hydroxyl groups is 1. The van der Waals surface area contributed by atoms with E-state index in [2.05, 4.69) is 109 Å². The van der Waals surface area contributed by atoms with Crippen LogP contribution in [0.2, 0.25) is 0 Å². The van der Waals surface area contributed by atoms with Gasteiger partial charge in [0.1, 0.15) is 0 Å². The molecular weight excluding hydrogens is 580 g/mol. The zero-order chi connectivity index (χ0) is 35.0. The van der Waals surface area contributed by atoms with Crippen LogP contribution < -0.4 is 10.6 Å². The van der Waals surface area contributed by atoms with Crippen LogP contribution in [0.5, 0.6) is 0 Å². The highest BCUT2D eigenvalue weighted by molar-refractivity contribution is 5.61. The molecular formula is C40H66N6O. The van der Waals surface area contributed by atoms with E-state index in [0.29, 0.717) is 12.1 Å². The van der Waals surface area contributed by atoms with Crippen molar-refractivity contribution in [3.63, 3.8) is 0 Å². The Kier molecular flexibility index (Phi) is 21.9. The number of unbranched alkanes of at least 4 members (excludes halogenated alkanes) is 1. The number of anilines is 1. The predicted octanol–water partition coefficient (Wildman–Crippen LogP) is 9.19. The smallest absolute Gasteiger partial charge is 0.0885 e. The molecule has 1 aliphatic heterocycles. The number of nitrogens with zero attached hydrogens (tertiary/aromatic N) is 4. The van der Waals surface area contributed by atoms with Gasteiger partial charge >= 0.3 is 0 Å². The number of benzene rings is 1. The molecule has 0 radical (unpaired) electrons. The van der Waals surface area contributed by atoms with Gasteiger partial charge in [-0.15, -0.1) is 0 Å². The van der Waals surface area contributed by atoms with E-state index in [1.807, 2.05) is 26.8 Å². The third kappa shape index (κ3) is 15.8. The highest BCUT2D eigenvalue weighted by Crippen LogP contribution is 2.25. The number of likely N-dealkylation sites (N-methyl/N-ethyl adjacent to an activating group) is 1. The Morgan fingerprint density at radius 3 is 2.38 bits per heavy atom. The summed E-state index contributed by atoms with van der Waals surface area (Å²) in [6, 6.07) is 9.50. The van der Waals surface area contributed by atoms with Crippen LogP contribution in [0, 0.1) is 0 Å². The van der Waals surface area contributed by atoms with E-state index in [1.165, 1.54) is 37.8 Å². The minimum atomic E-state index is -0.287. The Balaban J connectivity index is 0.000000539. The Hall–Kier alpha value is -3.42. The van der Waals surface area contributed by atoms with E-state index in [4.69, 9.17) is 0 Å². The average molecular weight is 647 g/mol. The Morgan fingerprint density at radius 2 is 1.79 bits per heavy atom. The van der Waals surface area contributed by atoms with Gasteiger partial charge in [0, 0.05) is 60.2 Å². The fourth-order valence-electron chi connectivity index (χ4n) is 5.41. The molecule has 2 heterocycles. The number of aromatic nitrogens is 2. The summed E-state index contributed by atoms with van der Waals surface area (Å²) < 4.78 is 0. The van der Waals surface area contributed by atoms with Gasteiger partial charge in [-0.3, -0.25) is 14.9 Å². The number of nitrogens with one attached hydrogen (secondary N) is 2. The molecule has 3 N–H and O–H groups in total. The molecule has 7 nitrogen and oxygen atoms in total. The van der Waals surface area contributed by atoms with Gasteiger partial charge in [0.2, 0.25) is 0 Å². The molecule has 2 aliphatic rings. The monoisotopic (exact) mass is 647 g/mol. The van der Waals surface area contributed by atoms with Crippen LogP contribution in [0.3, 0.4) is 0 Å². The van der Waals surface area contributed by atoms with Crippen molar-refractivity contribution in [3.05, 3.63) is 91.3 Å². The van der Waals surface area contributed by atoms with Crippen LogP contribution in [0.15, 0.2) is 91.3 Å². The normalized spacial score (nSPS) is 18.8. The maximum Gasteiger partial charge on any atom is 0.0885 e. The molecule has 1 aromatic heterocycles. The molecule has 4 rings (SSSR count). The van der Waals surface area contributed by atoms with Gasteiger partial charge < -0.3 is 20.6 Å². The molecule has 262 valence electrons. The second-order valence-electron chi connectivity index (χ2n) is 12.1. The van der Waals surface area contributed by atoms with Crippen molar-refractivity contribution in [1.29, 1.82) is 0 Å². The Labute approximate surface area is 288 Å². The average Bonchev–Trinajstić information content (AvgIpc) is 3.25. The predicted molar refractivity (Wildman–Crippen MR) is 204 cm³/mol. The summed E-state index contributed by atoms with van der Waals surface area (Å²) in [4.78, 5) is 13.6. The zero-order valence-electron chi connectivity index (χ0n) is 30.9. The lowest BCUT2D eigenvalue weighted by molar-refractivity contribution is 0.173. The first-order chi connectivity index (χ1) is 22.8. The molecule has 7 heteroatoms. The van der Waals surface area contributed by atoms with Crippen molar-refractivity contribution in [3.8, 4) is 11.3 Å². The first-order valence-electron chi connectivity index (χ1n) is 18.0. The van der Waals surface area contributed by atoms with Crippen molar-refractivity contribution in [2.45, 2.75) is 119 Å². The van der Waals surface area contributed by atoms with E-state index >= 15 is 0 Å². The summed E-state index contributed by atoms with van der Waals surface area (Å²) in [7, 11) is 0. The fourth-order valence-corrected chi connectivity index (χ4v) is 5.41. The van der Waals surface area contributed by atoms with E-state index in [0.717, 1.165) is 67.2 Å². The summed E-state index contributed by atoms with van der Waals surface area (Å²) in [5.41, 5.74) is 6.44. The van der Waals surface area contributed by atoms with Gasteiger partial charge in [-0.2, -0.15) is 0 Å². The van der Waals surface area contributed by atoms with E-state index in [1.54, 1.807) is 24.8 Å². The maximum absolute atomic E-state index is 9.49. The highest BCUT2D eigenvalue weighted by Gasteiger charge is 2.26. The first-order valence-corrected chi connectivity index (χ1v) is 18.0. The molecule has 0 spiro atoms.